The maximum atomic E-state index is 10.6. The first kappa shape index (κ1) is 12.3. The summed E-state index contributed by atoms with van der Waals surface area (Å²) in [6.07, 6.45) is 0. The van der Waals surface area contributed by atoms with Crippen molar-refractivity contribution in [1.29, 1.82) is 0 Å². The van der Waals surface area contributed by atoms with Crippen molar-refractivity contribution in [3.05, 3.63) is 22.5 Å². The van der Waals surface area contributed by atoms with Crippen LogP contribution in [-0.4, -0.2) is 24.6 Å². The smallest absolute Gasteiger partial charge is 0.189 e. The summed E-state index contributed by atoms with van der Waals surface area (Å²) in [4.78, 5) is 0. The summed E-state index contributed by atoms with van der Waals surface area (Å²) in [5, 5.41) is 38.0. The molecule has 0 aliphatic heterocycles. The normalized spacial score (nSPS) is 9.88. The predicted molar refractivity (Wildman–Crippen MR) is 54.8 cm³/mol. The van der Waals surface area contributed by atoms with Crippen LogP contribution in [0.5, 0.6) is 11.5 Å². The van der Waals surface area contributed by atoms with E-state index in [0.29, 0.717) is 0 Å². The average molecular weight is 230 g/mol. The number of rotatable bonds is 4. The Labute approximate surface area is 90.9 Å². The number of anilines is 2. The van der Waals surface area contributed by atoms with Gasteiger partial charge in [0.15, 0.2) is 11.5 Å². The second-order valence-corrected chi connectivity index (χ2v) is 2.75. The third kappa shape index (κ3) is 2.25. The summed E-state index contributed by atoms with van der Waals surface area (Å²) in [6, 6.07) is 2.06. The first-order chi connectivity index (χ1) is 7.51. The minimum atomic E-state index is -0.686. The molecule has 0 amide bonds. The van der Waals surface area contributed by atoms with Gasteiger partial charge in [-0.1, -0.05) is 0 Å². The summed E-state index contributed by atoms with van der Waals surface area (Å²) < 4.78 is 9.69. The molecule has 0 spiro atoms. The number of benzene rings is 1. The summed E-state index contributed by atoms with van der Waals surface area (Å²) in [6.45, 7) is 0. The molecule has 0 saturated carbocycles. The SMILES string of the molecule is COc1cc(N([O-])[O-])cc(N(O)O)c1OC. The van der Waals surface area contributed by atoms with Crippen molar-refractivity contribution >= 4 is 11.4 Å². The van der Waals surface area contributed by atoms with Crippen LogP contribution in [0.15, 0.2) is 12.1 Å². The quantitative estimate of drug-likeness (QED) is 0.739. The van der Waals surface area contributed by atoms with Gasteiger partial charge in [-0.3, -0.25) is 10.4 Å². The molecule has 0 fully saturated rings. The molecule has 1 aromatic rings. The topological polar surface area (TPSA) is 112 Å². The zero-order chi connectivity index (χ0) is 12.3. The molecule has 0 aromatic heterocycles. The van der Waals surface area contributed by atoms with Crippen LogP contribution in [-0.2, 0) is 0 Å². The van der Waals surface area contributed by atoms with E-state index < -0.39 is 5.23 Å². The summed E-state index contributed by atoms with van der Waals surface area (Å²) in [5.41, 5.74) is -0.630. The second kappa shape index (κ2) is 4.86. The summed E-state index contributed by atoms with van der Waals surface area (Å²) >= 11 is 0. The predicted octanol–water partition coefficient (Wildman–Crippen LogP) is 1.09. The van der Waals surface area contributed by atoms with Crippen LogP contribution >= 0.6 is 0 Å². The first-order valence-corrected chi connectivity index (χ1v) is 4.09. The van der Waals surface area contributed by atoms with Crippen molar-refractivity contribution < 1.29 is 19.9 Å². The number of hydrogen-bond acceptors (Lipinski definition) is 8. The number of nitrogens with zero attached hydrogens (tertiary/aromatic N) is 2. The molecule has 0 radical (unpaired) electrons. The van der Waals surface area contributed by atoms with Crippen molar-refractivity contribution in [2.45, 2.75) is 0 Å². The molecule has 0 aliphatic rings. The first-order valence-electron chi connectivity index (χ1n) is 4.09. The van der Waals surface area contributed by atoms with Gasteiger partial charge in [-0.2, -0.15) is 0 Å². The van der Waals surface area contributed by atoms with Crippen molar-refractivity contribution in [2.75, 3.05) is 24.7 Å². The molecular weight excluding hydrogens is 220 g/mol. The molecule has 0 unspecified atom stereocenters. The lowest BCUT2D eigenvalue weighted by molar-refractivity contribution is 0.0277. The number of ether oxygens (including phenoxy) is 2. The molecule has 0 atom stereocenters. The molecule has 0 saturated heterocycles. The van der Waals surface area contributed by atoms with Crippen LogP contribution in [0.3, 0.4) is 0 Å². The Hall–Kier alpha value is -1.74. The lowest BCUT2D eigenvalue weighted by Crippen LogP contribution is -2.14. The lowest BCUT2D eigenvalue weighted by Gasteiger charge is -2.38. The van der Waals surface area contributed by atoms with Gasteiger partial charge in [-0.25, -0.2) is 0 Å². The van der Waals surface area contributed by atoms with Gasteiger partial charge in [0.05, 0.1) is 14.2 Å². The van der Waals surface area contributed by atoms with Gasteiger partial charge in [0.2, 0.25) is 0 Å². The molecule has 90 valence electrons. The molecule has 0 heterocycles. The standard InChI is InChI=1S/C8H10N2O6/c1-15-7-4-5(9(11)12)3-6(10(13)14)8(7)16-2/h3-4,13-14H,1-2H3/q-2. The Kier molecular flexibility index (Phi) is 3.74. The Morgan fingerprint density at radius 3 is 2.12 bits per heavy atom. The molecule has 0 aliphatic carbocycles. The zero-order valence-corrected chi connectivity index (χ0v) is 8.58. The van der Waals surface area contributed by atoms with Gasteiger partial charge in [-0.15, -0.1) is 5.23 Å². The van der Waals surface area contributed by atoms with E-state index in [0.717, 1.165) is 12.1 Å². The van der Waals surface area contributed by atoms with E-state index in [9.17, 15) is 10.4 Å². The zero-order valence-electron chi connectivity index (χ0n) is 8.58. The van der Waals surface area contributed by atoms with E-state index in [2.05, 4.69) is 0 Å². The Balaban J connectivity index is 3.37. The molecule has 2 N–H and O–H groups in total. The van der Waals surface area contributed by atoms with Gasteiger partial charge in [-0.05, 0) is 6.07 Å². The van der Waals surface area contributed by atoms with Crippen molar-refractivity contribution in [3.63, 3.8) is 0 Å². The average Bonchev–Trinajstić information content (AvgIpc) is 2.26. The molecular formula is C8H10N2O6-2. The second-order valence-electron chi connectivity index (χ2n) is 2.75. The lowest BCUT2D eigenvalue weighted by atomic mass is 10.2. The highest BCUT2D eigenvalue weighted by atomic mass is 16.8. The molecule has 8 heteroatoms. The van der Waals surface area contributed by atoms with Crippen molar-refractivity contribution in [1.82, 2.24) is 0 Å². The van der Waals surface area contributed by atoms with Gasteiger partial charge >= 0.3 is 0 Å². The maximum absolute atomic E-state index is 10.6. The van der Waals surface area contributed by atoms with Crippen LogP contribution in [0.4, 0.5) is 11.4 Å². The van der Waals surface area contributed by atoms with Gasteiger partial charge in [0, 0.05) is 11.8 Å². The Bertz CT molecular complexity index is 368. The fourth-order valence-electron chi connectivity index (χ4n) is 1.18. The van der Waals surface area contributed by atoms with E-state index in [1.807, 2.05) is 0 Å². The van der Waals surface area contributed by atoms with E-state index in [1.165, 1.54) is 14.2 Å². The minimum Gasteiger partial charge on any atom is -0.769 e. The number of hydrogen-bond donors (Lipinski definition) is 2. The Morgan fingerprint density at radius 2 is 1.75 bits per heavy atom. The molecule has 8 nitrogen and oxygen atoms in total. The van der Waals surface area contributed by atoms with E-state index in [1.54, 1.807) is 0 Å². The number of methoxy groups -OCH3 is 2. The highest BCUT2D eigenvalue weighted by molar-refractivity contribution is 5.71. The summed E-state index contributed by atoms with van der Waals surface area (Å²) in [7, 11) is 2.56. The highest BCUT2D eigenvalue weighted by Crippen LogP contribution is 2.40. The molecule has 16 heavy (non-hydrogen) atoms. The van der Waals surface area contributed by atoms with E-state index in [4.69, 9.17) is 19.9 Å². The summed E-state index contributed by atoms with van der Waals surface area (Å²) in [5.74, 6) is 0.0119. The largest absolute Gasteiger partial charge is 0.769 e. The van der Waals surface area contributed by atoms with Crippen LogP contribution < -0.4 is 19.9 Å². The van der Waals surface area contributed by atoms with E-state index >= 15 is 0 Å². The Morgan fingerprint density at radius 1 is 1.12 bits per heavy atom. The van der Waals surface area contributed by atoms with Crippen LogP contribution in [0.25, 0.3) is 0 Å². The van der Waals surface area contributed by atoms with Crippen LogP contribution in [0.1, 0.15) is 0 Å². The third-order valence-corrected chi connectivity index (χ3v) is 1.87. The van der Waals surface area contributed by atoms with Crippen molar-refractivity contribution in [3.8, 4) is 11.5 Å². The van der Waals surface area contributed by atoms with Crippen molar-refractivity contribution in [2.24, 2.45) is 0 Å². The maximum Gasteiger partial charge on any atom is 0.189 e. The molecule has 0 bridgehead atoms. The van der Waals surface area contributed by atoms with E-state index in [-0.39, 0.29) is 28.1 Å². The monoisotopic (exact) mass is 230 g/mol. The molecule has 1 rings (SSSR count). The third-order valence-electron chi connectivity index (χ3n) is 1.87. The van der Waals surface area contributed by atoms with Gasteiger partial charge < -0.3 is 25.1 Å². The fraction of sp³-hybridized carbons (Fsp3) is 0.250. The molecule has 1 aromatic carbocycles. The fourth-order valence-corrected chi connectivity index (χ4v) is 1.18. The van der Waals surface area contributed by atoms with Gasteiger partial charge in [0.1, 0.15) is 5.69 Å². The van der Waals surface area contributed by atoms with Crippen LogP contribution in [0.2, 0.25) is 0 Å². The van der Waals surface area contributed by atoms with Crippen LogP contribution in [0, 0.1) is 10.4 Å². The van der Waals surface area contributed by atoms with Gasteiger partial charge in [0.25, 0.3) is 0 Å². The highest BCUT2D eigenvalue weighted by Gasteiger charge is 2.15. The minimum absolute atomic E-state index is 0.0156.